The molecule has 0 unspecified atom stereocenters. The van der Waals surface area contributed by atoms with Gasteiger partial charge in [-0.15, -0.1) is 0 Å². The van der Waals surface area contributed by atoms with Crippen molar-refractivity contribution in [2.75, 3.05) is 12.3 Å². The lowest BCUT2D eigenvalue weighted by Crippen LogP contribution is -2.29. The molecule has 2 heterocycles. The topological polar surface area (TPSA) is 125 Å². The Morgan fingerprint density at radius 2 is 1.69 bits per heavy atom. The summed E-state index contributed by atoms with van der Waals surface area (Å²) in [5.74, 6) is -0.900. The number of fused-ring (bicyclic) bond motifs is 1. The number of nitrogen functional groups attached to an aromatic ring is 1. The molecule has 0 aliphatic heterocycles. The zero-order chi connectivity index (χ0) is 26.0. The van der Waals surface area contributed by atoms with Crippen molar-refractivity contribution in [3.05, 3.63) is 53.7 Å². The summed E-state index contributed by atoms with van der Waals surface area (Å²) in [6.45, 7) is 10.9. The van der Waals surface area contributed by atoms with Crippen LogP contribution in [0.2, 0.25) is 0 Å². The Balaban J connectivity index is 1.82. The molecule has 1 aromatic carbocycles. The summed E-state index contributed by atoms with van der Waals surface area (Å²) in [4.78, 5) is 41.8. The summed E-state index contributed by atoms with van der Waals surface area (Å²) in [7, 11) is 0. The summed E-state index contributed by atoms with van der Waals surface area (Å²) >= 11 is 0. The van der Waals surface area contributed by atoms with Crippen LogP contribution in [0.1, 0.15) is 68.7 Å². The third kappa shape index (κ3) is 6.59. The number of amides is 1. The van der Waals surface area contributed by atoms with Crippen LogP contribution in [-0.2, 0) is 14.3 Å². The van der Waals surface area contributed by atoms with Crippen molar-refractivity contribution in [1.82, 2.24) is 14.7 Å². The number of hydrogen-bond donors (Lipinski definition) is 2. The highest BCUT2D eigenvalue weighted by Crippen LogP contribution is 2.29. The molecule has 0 radical (unpaired) electrons. The van der Waals surface area contributed by atoms with Crippen LogP contribution >= 0.6 is 0 Å². The van der Waals surface area contributed by atoms with Crippen molar-refractivity contribution in [3.8, 4) is 11.3 Å². The Hall–Kier alpha value is -3.88. The number of imidazole rings is 1. The van der Waals surface area contributed by atoms with Crippen LogP contribution in [0.15, 0.2) is 42.6 Å². The minimum atomic E-state index is -0.657. The van der Waals surface area contributed by atoms with Gasteiger partial charge in [-0.1, -0.05) is 12.1 Å². The average Bonchev–Trinajstić information content (AvgIpc) is 3.08. The van der Waals surface area contributed by atoms with E-state index in [2.05, 4.69) is 10.3 Å². The number of esters is 2. The maximum Gasteiger partial charge on any atom is 0.342 e. The SMILES string of the molecule is CC(C)(C)OC(=O)CCNC(=O)c1cccc(-c2nc3c(C(=O)OC(C)(C)C)cccn3c2N)c1. The van der Waals surface area contributed by atoms with Gasteiger partial charge in [0, 0.05) is 23.9 Å². The number of pyridine rings is 1. The molecule has 186 valence electrons. The Bertz CT molecular complexity index is 1260. The van der Waals surface area contributed by atoms with E-state index in [-0.39, 0.29) is 30.4 Å². The number of anilines is 1. The quantitative estimate of drug-likeness (QED) is 0.511. The molecule has 0 aliphatic carbocycles. The monoisotopic (exact) mass is 480 g/mol. The average molecular weight is 481 g/mol. The first kappa shape index (κ1) is 25.7. The predicted octanol–water partition coefficient (Wildman–Crippen LogP) is 4.00. The van der Waals surface area contributed by atoms with Gasteiger partial charge in [0.15, 0.2) is 5.65 Å². The second-order valence-corrected chi connectivity index (χ2v) is 10.1. The van der Waals surface area contributed by atoms with Crippen LogP contribution in [0, 0.1) is 0 Å². The van der Waals surface area contributed by atoms with Crippen LogP contribution in [0.25, 0.3) is 16.9 Å². The molecule has 9 heteroatoms. The number of ether oxygens (including phenoxy) is 2. The number of carbonyl (C=O) groups excluding carboxylic acids is 3. The van der Waals surface area contributed by atoms with E-state index in [1.54, 1.807) is 88.5 Å². The van der Waals surface area contributed by atoms with E-state index in [0.29, 0.717) is 28.3 Å². The largest absolute Gasteiger partial charge is 0.460 e. The van der Waals surface area contributed by atoms with E-state index < -0.39 is 17.2 Å². The molecule has 0 atom stereocenters. The number of rotatable bonds is 6. The molecule has 0 saturated heterocycles. The summed E-state index contributed by atoms with van der Waals surface area (Å²) in [6.07, 6.45) is 1.78. The third-order valence-corrected chi connectivity index (χ3v) is 4.74. The van der Waals surface area contributed by atoms with Gasteiger partial charge in [-0.3, -0.25) is 14.0 Å². The Labute approximate surface area is 204 Å². The molecule has 0 bridgehead atoms. The van der Waals surface area contributed by atoms with Crippen molar-refractivity contribution in [1.29, 1.82) is 0 Å². The van der Waals surface area contributed by atoms with Crippen LogP contribution in [0.5, 0.6) is 0 Å². The maximum absolute atomic E-state index is 12.7. The fourth-order valence-electron chi connectivity index (χ4n) is 3.37. The summed E-state index contributed by atoms with van der Waals surface area (Å²) in [5.41, 5.74) is 7.20. The molecule has 3 N–H and O–H groups in total. The molecular weight excluding hydrogens is 448 g/mol. The van der Waals surface area contributed by atoms with E-state index in [4.69, 9.17) is 15.2 Å². The van der Waals surface area contributed by atoms with E-state index in [1.165, 1.54) is 0 Å². The number of nitrogens with zero attached hydrogens (tertiary/aromatic N) is 2. The van der Waals surface area contributed by atoms with E-state index >= 15 is 0 Å². The first-order valence-corrected chi connectivity index (χ1v) is 11.4. The van der Waals surface area contributed by atoms with Gasteiger partial charge >= 0.3 is 11.9 Å². The number of nitrogens with two attached hydrogens (primary N) is 1. The normalized spacial score (nSPS) is 11.8. The zero-order valence-corrected chi connectivity index (χ0v) is 21.0. The molecule has 9 nitrogen and oxygen atoms in total. The third-order valence-electron chi connectivity index (χ3n) is 4.74. The van der Waals surface area contributed by atoms with E-state index in [1.807, 2.05) is 0 Å². The lowest BCUT2D eigenvalue weighted by Gasteiger charge is -2.19. The molecule has 3 rings (SSSR count). The second-order valence-electron chi connectivity index (χ2n) is 10.1. The van der Waals surface area contributed by atoms with Crippen molar-refractivity contribution in [3.63, 3.8) is 0 Å². The van der Waals surface area contributed by atoms with Gasteiger partial charge in [0.25, 0.3) is 5.91 Å². The van der Waals surface area contributed by atoms with Gasteiger partial charge in [-0.05, 0) is 65.8 Å². The molecule has 35 heavy (non-hydrogen) atoms. The number of carbonyl (C=O) groups is 3. The van der Waals surface area contributed by atoms with Crippen molar-refractivity contribution >= 4 is 29.3 Å². The molecule has 3 aromatic rings. The highest BCUT2D eigenvalue weighted by atomic mass is 16.6. The lowest BCUT2D eigenvalue weighted by molar-refractivity contribution is -0.154. The van der Waals surface area contributed by atoms with Crippen LogP contribution in [-0.4, -0.2) is 45.0 Å². The van der Waals surface area contributed by atoms with Gasteiger partial charge in [-0.25, -0.2) is 9.78 Å². The standard InChI is InChI=1S/C26H32N4O5/c1-25(2,3)34-19(31)12-13-28-23(32)17-10-7-9-16(15-17)20-21(27)30-14-8-11-18(22(30)29-20)24(33)35-26(4,5)6/h7-11,14-15H,12-13,27H2,1-6H3,(H,28,32). The van der Waals surface area contributed by atoms with Crippen LogP contribution < -0.4 is 11.1 Å². The molecular formula is C26H32N4O5. The Morgan fingerprint density at radius 1 is 1.00 bits per heavy atom. The number of hydrogen-bond acceptors (Lipinski definition) is 7. The van der Waals surface area contributed by atoms with Crippen molar-refractivity contribution < 1.29 is 23.9 Å². The van der Waals surface area contributed by atoms with Crippen molar-refractivity contribution in [2.45, 2.75) is 59.2 Å². The van der Waals surface area contributed by atoms with Gasteiger partial charge < -0.3 is 20.5 Å². The van der Waals surface area contributed by atoms with Gasteiger partial charge in [0.1, 0.15) is 28.3 Å². The van der Waals surface area contributed by atoms with Gasteiger partial charge in [0.05, 0.1) is 6.42 Å². The minimum absolute atomic E-state index is 0.0650. The summed E-state index contributed by atoms with van der Waals surface area (Å²) in [6, 6.07) is 10.1. The first-order chi connectivity index (χ1) is 16.2. The fourth-order valence-corrected chi connectivity index (χ4v) is 3.37. The second kappa shape index (κ2) is 9.77. The predicted molar refractivity (Wildman–Crippen MR) is 133 cm³/mol. The molecule has 1 amide bonds. The Kier molecular flexibility index (Phi) is 7.19. The molecule has 0 aliphatic rings. The number of nitrogens with one attached hydrogen (secondary N) is 1. The smallest absolute Gasteiger partial charge is 0.342 e. The van der Waals surface area contributed by atoms with Crippen molar-refractivity contribution in [2.24, 2.45) is 0 Å². The molecule has 0 saturated carbocycles. The lowest BCUT2D eigenvalue weighted by atomic mass is 10.1. The fraction of sp³-hybridized carbons (Fsp3) is 0.385. The summed E-state index contributed by atoms with van der Waals surface area (Å²) < 4.78 is 12.4. The highest BCUT2D eigenvalue weighted by molar-refractivity contribution is 5.98. The van der Waals surface area contributed by atoms with Crippen LogP contribution in [0.4, 0.5) is 5.82 Å². The minimum Gasteiger partial charge on any atom is -0.460 e. The number of benzene rings is 1. The Morgan fingerprint density at radius 3 is 2.34 bits per heavy atom. The maximum atomic E-state index is 12.7. The summed E-state index contributed by atoms with van der Waals surface area (Å²) in [5, 5.41) is 2.72. The van der Waals surface area contributed by atoms with Gasteiger partial charge in [-0.2, -0.15) is 0 Å². The van der Waals surface area contributed by atoms with E-state index in [9.17, 15) is 14.4 Å². The molecule has 2 aromatic heterocycles. The molecule has 0 spiro atoms. The van der Waals surface area contributed by atoms with E-state index in [0.717, 1.165) is 0 Å². The van der Waals surface area contributed by atoms with Gasteiger partial charge in [0.2, 0.25) is 0 Å². The first-order valence-electron chi connectivity index (χ1n) is 11.4. The zero-order valence-electron chi connectivity index (χ0n) is 21.0. The number of aromatic nitrogens is 2. The molecule has 0 fully saturated rings. The van der Waals surface area contributed by atoms with Crippen LogP contribution in [0.3, 0.4) is 0 Å². The highest BCUT2D eigenvalue weighted by Gasteiger charge is 2.23.